The third kappa shape index (κ3) is 3.90. The van der Waals surface area contributed by atoms with Gasteiger partial charge in [-0.05, 0) is 44.5 Å². The highest BCUT2D eigenvalue weighted by atomic mass is 32.1. The minimum Gasteiger partial charge on any atom is -0.488 e. The van der Waals surface area contributed by atoms with Gasteiger partial charge in [-0.25, -0.2) is 0 Å². The van der Waals surface area contributed by atoms with Crippen LogP contribution in [0.15, 0.2) is 24.3 Å². The Morgan fingerprint density at radius 1 is 1.30 bits per heavy atom. The number of rotatable bonds is 5. The highest BCUT2D eigenvalue weighted by Crippen LogP contribution is 2.44. The number of aryl methyl sites for hydroxylation is 1. The Morgan fingerprint density at radius 2 is 2.11 bits per heavy atom. The lowest BCUT2D eigenvalue weighted by molar-refractivity contribution is 0.0948. The predicted octanol–water partition coefficient (Wildman–Crippen LogP) is 4.61. The maximum Gasteiger partial charge on any atom is 0.261 e. The second-order valence-electron chi connectivity index (χ2n) is 7.73. The van der Waals surface area contributed by atoms with E-state index in [1.54, 1.807) is 11.3 Å². The third-order valence-electron chi connectivity index (χ3n) is 5.83. The van der Waals surface area contributed by atoms with Crippen LogP contribution < -0.4 is 10.1 Å². The molecule has 4 nitrogen and oxygen atoms in total. The average molecular weight is 385 g/mol. The van der Waals surface area contributed by atoms with Crippen LogP contribution in [-0.4, -0.2) is 37.0 Å². The van der Waals surface area contributed by atoms with Crippen LogP contribution in [0, 0.1) is 6.92 Å². The second-order valence-corrected chi connectivity index (χ2v) is 8.78. The summed E-state index contributed by atoms with van der Waals surface area (Å²) in [6.45, 7) is 4.24. The molecule has 144 valence electrons. The van der Waals surface area contributed by atoms with E-state index in [2.05, 4.69) is 30.3 Å². The van der Waals surface area contributed by atoms with Crippen molar-refractivity contribution in [3.05, 3.63) is 40.3 Å². The molecule has 1 saturated carbocycles. The Labute approximate surface area is 165 Å². The average Bonchev–Trinajstić information content (AvgIpc) is 3.13. The molecule has 27 heavy (non-hydrogen) atoms. The third-order valence-corrected chi connectivity index (χ3v) is 7.02. The van der Waals surface area contributed by atoms with Crippen molar-refractivity contribution in [1.82, 2.24) is 10.2 Å². The molecule has 0 radical (unpaired) electrons. The number of ether oxygens (including phenoxy) is 1. The number of fused-ring (bicyclic) bond motifs is 3. The quantitative estimate of drug-likeness (QED) is 0.818. The Balaban J connectivity index is 1.39. The van der Waals surface area contributed by atoms with Gasteiger partial charge in [0.1, 0.15) is 12.4 Å². The van der Waals surface area contributed by atoms with Crippen LogP contribution >= 0.6 is 11.3 Å². The second kappa shape index (κ2) is 8.03. The minimum atomic E-state index is 0.0292. The Morgan fingerprint density at radius 3 is 2.93 bits per heavy atom. The van der Waals surface area contributed by atoms with Crippen molar-refractivity contribution in [3.63, 3.8) is 0 Å². The van der Waals surface area contributed by atoms with Gasteiger partial charge >= 0.3 is 0 Å². The smallest absolute Gasteiger partial charge is 0.261 e. The predicted molar refractivity (Wildman–Crippen MR) is 111 cm³/mol. The van der Waals surface area contributed by atoms with Crippen molar-refractivity contribution in [2.45, 2.75) is 51.7 Å². The highest BCUT2D eigenvalue weighted by Gasteiger charge is 2.24. The van der Waals surface area contributed by atoms with E-state index in [-0.39, 0.29) is 5.91 Å². The van der Waals surface area contributed by atoms with E-state index in [9.17, 15) is 4.79 Å². The van der Waals surface area contributed by atoms with Crippen LogP contribution in [0.5, 0.6) is 5.75 Å². The monoisotopic (exact) mass is 384 g/mol. The first kappa shape index (κ1) is 18.5. The summed E-state index contributed by atoms with van der Waals surface area (Å²) in [5, 5.41) is 3.11. The summed E-state index contributed by atoms with van der Waals surface area (Å²) < 4.78 is 5.87. The number of hydrogen-bond acceptors (Lipinski definition) is 4. The zero-order valence-corrected chi connectivity index (χ0v) is 17.0. The molecule has 0 bridgehead atoms. The summed E-state index contributed by atoms with van der Waals surface area (Å²) in [6, 6.07) is 8.80. The molecule has 2 aromatic rings. The maximum atomic E-state index is 12.7. The Bertz CT molecular complexity index is 824. The summed E-state index contributed by atoms with van der Waals surface area (Å²) >= 11 is 1.58. The Hall–Kier alpha value is -1.85. The number of hydrogen-bond donors (Lipinski definition) is 1. The zero-order valence-electron chi connectivity index (χ0n) is 16.2. The molecule has 1 fully saturated rings. The van der Waals surface area contributed by atoms with Crippen molar-refractivity contribution < 1.29 is 9.53 Å². The lowest BCUT2D eigenvalue weighted by Gasteiger charge is -2.31. The van der Waals surface area contributed by atoms with Gasteiger partial charge in [0, 0.05) is 35.1 Å². The first-order chi connectivity index (χ1) is 13.1. The maximum absolute atomic E-state index is 12.7. The van der Waals surface area contributed by atoms with Gasteiger partial charge in [-0.2, -0.15) is 0 Å². The van der Waals surface area contributed by atoms with Crippen LogP contribution in [0.4, 0.5) is 0 Å². The first-order valence-electron chi connectivity index (χ1n) is 9.97. The number of amides is 1. The molecule has 1 aliphatic carbocycles. The van der Waals surface area contributed by atoms with E-state index < -0.39 is 0 Å². The summed E-state index contributed by atoms with van der Waals surface area (Å²) in [5.41, 5.74) is 3.45. The minimum absolute atomic E-state index is 0.0292. The van der Waals surface area contributed by atoms with Crippen molar-refractivity contribution in [2.75, 3.05) is 20.1 Å². The fourth-order valence-electron chi connectivity index (χ4n) is 4.20. The standard InChI is InChI=1S/C22H28N2O2S/c1-15-7-6-10-18-20(15)21-16(14-26-18)13-19(27-21)22(25)23-11-12-24(2)17-8-4-3-5-9-17/h6-7,10,13,17H,3-5,8-9,11-12,14H2,1-2H3,(H,23,25). The summed E-state index contributed by atoms with van der Waals surface area (Å²) in [7, 11) is 2.18. The van der Waals surface area contributed by atoms with Crippen LogP contribution in [0.2, 0.25) is 0 Å². The number of nitrogens with zero attached hydrogens (tertiary/aromatic N) is 1. The molecule has 0 unspecified atom stereocenters. The lowest BCUT2D eigenvalue weighted by Crippen LogP contribution is -2.39. The normalized spacial score (nSPS) is 16.6. The van der Waals surface area contributed by atoms with E-state index in [4.69, 9.17) is 4.74 Å². The fourth-order valence-corrected chi connectivity index (χ4v) is 5.40. The number of benzene rings is 1. The van der Waals surface area contributed by atoms with Crippen LogP contribution in [-0.2, 0) is 6.61 Å². The molecule has 0 saturated heterocycles. The molecule has 4 rings (SSSR count). The van der Waals surface area contributed by atoms with Crippen molar-refractivity contribution in [2.24, 2.45) is 0 Å². The summed E-state index contributed by atoms with van der Waals surface area (Å²) in [6.07, 6.45) is 6.63. The van der Waals surface area contributed by atoms with E-state index in [0.29, 0.717) is 19.2 Å². The lowest BCUT2D eigenvalue weighted by atomic mass is 9.94. The topological polar surface area (TPSA) is 41.6 Å². The van der Waals surface area contributed by atoms with Crippen molar-refractivity contribution in [1.29, 1.82) is 0 Å². The molecule has 0 atom stereocenters. The van der Waals surface area contributed by atoms with Crippen molar-refractivity contribution >= 4 is 17.2 Å². The van der Waals surface area contributed by atoms with E-state index in [0.717, 1.165) is 28.3 Å². The molecule has 1 aromatic heterocycles. The molecule has 1 amide bonds. The largest absolute Gasteiger partial charge is 0.488 e. The van der Waals surface area contributed by atoms with Gasteiger partial charge < -0.3 is 15.0 Å². The van der Waals surface area contributed by atoms with Gasteiger partial charge in [0.25, 0.3) is 5.91 Å². The van der Waals surface area contributed by atoms with Gasteiger partial charge in [0.15, 0.2) is 0 Å². The first-order valence-corrected chi connectivity index (χ1v) is 10.8. The van der Waals surface area contributed by atoms with Crippen LogP contribution in [0.1, 0.15) is 52.9 Å². The molecule has 2 aliphatic rings. The molecule has 5 heteroatoms. The molecular formula is C22H28N2O2S. The van der Waals surface area contributed by atoms with Gasteiger partial charge in [-0.15, -0.1) is 11.3 Å². The molecule has 1 N–H and O–H groups in total. The fraction of sp³-hybridized carbons (Fsp3) is 0.500. The van der Waals surface area contributed by atoms with Crippen LogP contribution in [0.3, 0.4) is 0 Å². The number of carbonyl (C=O) groups excluding carboxylic acids is 1. The molecular weight excluding hydrogens is 356 g/mol. The Kier molecular flexibility index (Phi) is 5.50. The van der Waals surface area contributed by atoms with E-state index >= 15 is 0 Å². The summed E-state index contributed by atoms with van der Waals surface area (Å²) in [5.74, 6) is 0.951. The number of thiophene rings is 1. The van der Waals surface area contributed by atoms with E-state index in [1.807, 2.05) is 18.2 Å². The zero-order chi connectivity index (χ0) is 18.8. The van der Waals surface area contributed by atoms with Gasteiger partial charge in [-0.1, -0.05) is 31.4 Å². The van der Waals surface area contributed by atoms with Gasteiger partial charge in [-0.3, -0.25) is 4.79 Å². The number of likely N-dealkylation sites (N-methyl/N-ethyl adjacent to an activating group) is 1. The molecule has 1 aromatic carbocycles. The van der Waals surface area contributed by atoms with E-state index in [1.165, 1.54) is 42.5 Å². The molecule has 1 aliphatic heterocycles. The van der Waals surface area contributed by atoms with Gasteiger partial charge in [0.05, 0.1) is 4.88 Å². The van der Waals surface area contributed by atoms with Crippen molar-refractivity contribution in [3.8, 4) is 16.2 Å². The number of nitrogens with one attached hydrogen (secondary N) is 1. The van der Waals surface area contributed by atoms with Crippen LogP contribution in [0.25, 0.3) is 10.4 Å². The molecule has 2 heterocycles. The van der Waals surface area contributed by atoms with Gasteiger partial charge in [0.2, 0.25) is 0 Å². The number of carbonyl (C=O) groups is 1. The SMILES string of the molecule is Cc1cccc2c1-c1sc(C(=O)NCCN(C)C3CCCCC3)cc1CO2. The summed E-state index contributed by atoms with van der Waals surface area (Å²) in [4.78, 5) is 17.0. The molecule has 0 spiro atoms. The highest BCUT2D eigenvalue weighted by molar-refractivity contribution is 7.17.